The number of hydrogen-bond donors (Lipinski definition) is 1. The van der Waals surface area contributed by atoms with Gasteiger partial charge in [-0.25, -0.2) is 0 Å². The second-order valence-corrected chi connectivity index (χ2v) is 7.61. The molecule has 0 radical (unpaired) electrons. The van der Waals surface area contributed by atoms with Gasteiger partial charge in [-0.15, -0.1) is 0 Å². The lowest BCUT2D eigenvalue weighted by Crippen LogP contribution is -2.14. The quantitative estimate of drug-likeness (QED) is 0.214. The SMILES string of the molecule is C=CCOc1c(I)cc(/C=C(\C#N)C(=O)Nc2cccc(OC(C)C)c2)cc1OC. The summed E-state index contributed by atoms with van der Waals surface area (Å²) in [6, 6.07) is 12.5. The zero-order chi connectivity index (χ0) is 22.1. The van der Waals surface area contributed by atoms with E-state index in [2.05, 4.69) is 34.5 Å². The number of rotatable bonds is 9. The molecule has 0 saturated heterocycles. The molecule has 2 aromatic carbocycles. The average molecular weight is 518 g/mol. The molecule has 7 heteroatoms. The minimum absolute atomic E-state index is 0.0152. The van der Waals surface area contributed by atoms with Crippen LogP contribution in [0.25, 0.3) is 6.08 Å². The molecule has 0 aliphatic rings. The fourth-order valence-electron chi connectivity index (χ4n) is 2.54. The number of nitrogens with zero attached hydrogens (tertiary/aromatic N) is 1. The number of carbonyl (C=O) groups excluding carboxylic acids is 1. The summed E-state index contributed by atoms with van der Waals surface area (Å²) in [6.45, 7) is 7.82. The van der Waals surface area contributed by atoms with Gasteiger partial charge in [0.2, 0.25) is 0 Å². The molecular formula is C23H23IN2O4. The Hall–Kier alpha value is -2.99. The first kappa shape index (κ1) is 23.3. The van der Waals surface area contributed by atoms with Gasteiger partial charge in [0.15, 0.2) is 11.5 Å². The van der Waals surface area contributed by atoms with Gasteiger partial charge in [-0.3, -0.25) is 4.79 Å². The molecule has 0 aliphatic carbocycles. The number of amides is 1. The number of methoxy groups -OCH3 is 1. The standard InChI is InChI=1S/C23H23IN2O4/c1-5-9-29-22-20(24)11-16(12-21(22)28-4)10-17(14-25)23(27)26-18-7-6-8-19(13-18)30-15(2)3/h5-8,10-13,15H,1,9H2,2-4H3,(H,26,27)/b17-10+. The first-order valence-corrected chi connectivity index (χ1v) is 10.3. The molecular weight excluding hydrogens is 495 g/mol. The van der Waals surface area contributed by atoms with E-state index in [0.29, 0.717) is 35.1 Å². The Labute approximate surface area is 190 Å². The number of anilines is 1. The zero-order valence-electron chi connectivity index (χ0n) is 17.1. The van der Waals surface area contributed by atoms with Crippen LogP contribution in [0.2, 0.25) is 0 Å². The van der Waals surface area contributed by atoms with Crippen LogP contribution < -0.4 is 19.5 Å². The summed E-state index contributed by atoms with van der Waals surface area (Å²) >= 11 is 2.12. The van der Waals surface area contributed by atoms with Gasteiger partial charge >= 0.3 is 0 Å². The number of halogens is 1. The molecule has 0 spiro atoms. The highest BCUT2D eigenvalue weighted by atomic mass is 127. The fraction of sp³-hybridized carbons (Fsp3) is 0.217. The zero-order valence-corrected chi connectivity index (χ0v) is 19.2. The van der Waals surface area contributed by atoms with Gasteiger partial charge in [0.05, 0.1) is 16.8 Å². The van der Waals surface area contributed by atoms with Gasteiger partial charge in [0.25, 0.3) is 5.91 Å². The molecule has 2 aromatic rings. The predicted molar refractivity (Wildman–Crippen MR) is 126 cm³/mol. The van der Waals surface area contributed by atoms with Crippen LogP contribution in [0.4, 0.5) is 5.69 Å². The summed E-state index contributed by atoms with van der Waals surface area (Å²) < 4.78 is 17.4. The predicted octanol–water partition coefficient (Wildman–Crippen LogP) is 5.20. The fourth-order valence-corrected chi connectivity index (χ4v) is 3.32. The molecule has 0 aliphatic heterocycles. The molecule has 156 valence electrons. The van der Waals surface area contributed by atoms with E-state index in [0.717, 1.165) is 3.57 Å². The van der Waals surface area contributed by atoms with E-state index >= 15 is 0 Å². The van der Waals surface area contributed by atoms with Crippen molar-refractivity contribution in [3.8, 4) is 23.3 Å². The third-order valence-corrected chi connectivity index (χ3v) is 4.54. The van der Waals surface area contributed by atoms with Crippen molar-refractivity contribution in [2.45, 2.75) is 20.0 Å². The van der Waals surface area contributed by atoms with Gasteiger partial charge < -0.3 is 19.5 Å². The smallest absolute Gasteiger partial charge is 0.266 e. The Kier molecular flexibility index (Phi) is 8.74. The van der Waals surface area contributed by atoms with Crippen molar-refractivity contribution in [1.29, 1.82) is 5.26 Å². The number of benzene rings is 2. The van der Waals surface area contributed by atoms with Crippen LogP contribution in [0.1, 0.15) is 19.4 Å². The number of nitrogens with one attached hydrogen (secondary N) is 1. The third kappa shape index (κ3) is 6.52. The van der Waals surface area contributed by atoms with Gasteiger partial charge in [-0.1, -0.05) is 18.7 Å². The molecule has 0 atom stereocenters. The number of hydrogen-bond acceptors (Lipinski definition) is 5. The second kappa shape index (κ2) is 11.3. The van der Waals surface area contributed by atoms with Crippen LogP contribution in [-0.2, 0) is 4.79 Å². The minimum Gasteiger partial charge on any atom is -0.493 e. The maximum Gasteiger partial charge on any atom is 0.266 e. The number of carbonyl (C=O) groups is 1. The van der Waals surface area contributed by atoms with E-state index in [1.54, 1.807) is 36.4 Å². The highest BCUT2D eigenvalue weighted by molar-refractivity contribution is 14.1. The summed E-state index contributed by atoms with van der Waals surface area (Å²) in [5.74, 6) is 1.21. The Morgan fingerprint density at radius 1 is 1.33 bits per heavy atom. The lowest BCUT2D eigenvalue weighted by atomic mass is 10.1. The largest absolute Gasteiger partial charge is 0.493 e. The number of nitriles is 1. The van der Waals surface area contributed by atoms with Crippen LogP contribution in [0.15, 0.2) is 54.6 Å². The van der Waals surface area contributed by atoms with E-state index in [1.807, 2.05) is 26.0 Å². The van der Waals surface area contributed by atoms with Crippen molar-refractivity contribution in [1.82, 2.24) is 0 Å². The van der Waals surface area contributed by atoms with Crippen molar-refractivity contribution in [2.24, 2.45) is 0 Å². The van der Waals surface area contributed by atoms with Crippen molar-refractivity contribution in [3.05, 3.63) is 63.8 Å². The van der Waals surface area contributed by atoms with Crippen molar-refractivity contribution in [2.75, 3.05) is 19.0 Å². The molecule has 1 amide bonds. The Morgan fingerprint density at radius 3 is 2.73 bits per heavy atom. The molecule has 6 nitrogen and oxygen atoms in total. The van der Waals surface area contributed by atoms with Crippen LogP contribution in [0.3, 0.4) is 0 Å². The minimum atomic E-state index is -0.514. The molecule has 2 rings (SSSR count). The van der Waals surface area contributed by atoms with E-state index in [4.69, 9.17) is 14.2 Å². The second-order valence-electron chi connectivity index (χ2n) is 6.45. The van der Waals surface area contributed by atoms with Crippen LogP contribution in [0.5, 0.6) is 17.2 Å². The highest BCUT2D eigenvalue weighted by Crippen LogP contribution is 2.34. The maximum atomic E-state index is 12.6. The lowest BCUT2D eigenvalue weighted by Gasteiger charge is -2.13. The molecule has 30 heavy (non-hydrogen) atoms. The summed E-state index contributed by atoms with van der Waals surface area (Å²) in [4.78, 5) is 12.6. The summed E-state index contributed by atoms with van der Waals surface area (Å²) in [5, 5.41) is 12.2. The van der Waals surface area contributed by atoms with E-state index in [9.17, 15) is 10.1 Å². The summed E-state index contributed by atoms with van der Waals surface area (Å²) in [5.41, 5.74) is 1.15. The van der Waals surface area contributed by atoms with Crippen molar-refractivity contribution < 1.29 is 19.0 Å². The molecule has 0 unspecified atom stereocenters. The monoisotopic (exact) mass is 518 g/mol. The molecule has 0 fully saturated rings. The van der Waals surface area contributed by atoms with Gasteiger partial charge in [0, 0.05) is 11.8 Å². The molecule has 0 aromatic heterocycles. The normalized spacial score (nSPS) is 10.9. The third-order valence-electron chi connectivity index (χ3n) is 3.74. The Balaban J connectivity index is 2.26. The van der Waals surface area contributed by atoms with Gasteiger partial charge in [-0.05, 0) is 72.3 Å². The van der Waals surface area contributed by atoms with Gasteiger partial charge in [0.1, 0.15) is 24.0 Å². The van der Waals surface area contributed by atoms with Crippen LogP contribution in [-0.4, -0.2) is 25.7 Å². The molecule has 0 saturated carbocycles. The summed E-state index contributed by atoms with van der Waals surface area (Å²) in [6.07, 6.45) is 3.16. The molecule has 1 N–H and O–H groups in total. The molecule has 0 heterocycles. The van der Waals surface area contributed by atoms with Crippen LogP contribution in [0, 0.1) is 14.9 Å². The van der Waals surface area contributed by atoms with Crippen LogP contribution >= 0.6 is 22.6 Å². The first-order chi connectivity index (χ1) is 14.4. The first-order valence-electron chi connectivity index (χ1n) is 9.19. The Bertz CT molecular complexity index is 993. The van der Waals surface area contributed by atoms with Gasteiger partial charge in [-0.2, -0.15) is 5.26 Å². The average Bonchev–Trinajstić information content (AvgIpc) is 2.70. The number of ether oxygens (including phenoxy) is 3. The van der Waals surface area contributed by atoms with E-state index in [1.165, 1.54) is 13.2 Å². The Morgan fingerprint density at radius 2 is 2.10 bits per heavy atom. The maximum absolute atomic E-state index is 12.6. The van der Waals surface area contributed by atoms with E-state index < -0.39 is 5.91 Å². The lowest BCUT2D eigenvalue weighted by molar-refractivity contribution is -0.112. The van der Waals surface area contributed by atoms with Crippen molar-refractivity contribution in [3.63, 3.8) is 0 Å². The topological polar surface area (TPSA) is 80.6 Å². The molecule has 0 bridgehead atoms. The highest BCUT2D eigenvalue weighted by Gasteiger charge is 2.14. The summed E-state index contributed by atoms with van der Waals surface area (Å²) in [7, 11) is 1.53. The van der Waals surface area contributed by atoms with E-state index in [-0.39, 0.29) is 11.7 Å². The van der Waals surface area contributed by atoms with Crippen molar-refractivity contribution >= 4 is 40.3 Å².